The average Bonchev–Trinajstić information content (AvgIpc) is 2.63. The quantitative estimate of drug-likeness (QED) is 0.725. The van der Waals surface area contributed by atoms with E-state index in [1.807, 2.05) is 0 Å². The van der Waals surface area contributed by atoms with Gasteiger partial charge in [-0.3, -0.25) is 9.59 Å². The molecule has 1 unspecified atom stereocenters. The minimum Gasteiger partial charge on any atom is -0.354 e. The molecule has 20 heavy (non-hydrogen) atoms. The minimum absolute atomic E-state index is 0. The van der Waals surface area contributed by atoms with Crippen LogP contribution in [0.1, 0.15) is 44.9 Å². The van der Waals surface area contributed by atoms with Crippen molar-refractivity contribution in [3.63, 3.8) is 0 Å². The first-order chi connectivity index (χ1) is 9.25. The Kier molecular flexibility index (Phi) is 7.92. The summed E-state index contributed by atoms with van der Waals surface area (Å²) in [5.74, 6) is 0.670. The van der Waals surface area contributed by atoms with Gasteiger partial charge in [-0.05, 0) is 57.5 Å². The molecule has 0 aliphatic carbocycles. The standard InChI is InChI=1S/C14H25N3O2.ClH/c18-13(5-4-11-6-9-15-10-7-11)17-12-3-1-2-8-16-14(12)19;/h11-12,15H,1-10H2,(H,16,19)(H,17,18);1H. The molecule has 1 atom stereocenters. The third-order valence-corrected chi connectivity index (χ3v) is 4.11. The average molecular weight is 304 g/mol. The normalized spacial score (nSPS) is 24.2. The van der Waals surface area contributed by atoms with Gasteiger partial charge in [0, 0.05) is 13.0 Å². The zero-order valence-electron chi connectivity index (χ0n) is 12.0. The third kappa shape index (κ3) is 5.67. The van der Waals surface area contributed by atoms with Crippen LogP contribution in [0, 0.1) is 5.92 Å². The molecule has 2 saturated heterocycles. The summed E-state index contributed by atoms with van der Waals surface area (Å²) in [5.41, 5.74) is 0. The van der Waals surface area contributed by atoms with E-state index in [1.54, 1.807) is 0 Å². The van der Waals surface area contributed by atoms with Crippen LogP contribution in [0.25, 0.3) is 0 Å². The summed E-state index contributed by atoms with van der Waals surface area (Å²) in [7, 11) is 0. The monoisotopic (exact) mass is 303 g/mol. The number of carbonyl (C=O) groups excluding carboxylic acids is 2. The Hall–Kier alpha value is -0.810. The number of hydrogen-bond donors (Lipinski definition) is 3. The van der Waals surface area contributed by atoms with Gasteiger partial charge in [-0.15, -0.1) is 12.4 Å². The van der Waals surface area contributed by atoms with Crippen molar-refractivity contribution in [1.82, 2.24) is 16.0 Å². The van der Waals surface area contributed by atoms with Gasteiger partial charge in [0.1, 0.15) is 6.04 Å². The molecule has 2 aliphatic rings. The highest BCUT2D eigenvalue weighted by Crippen LogP contribution is 2.17. The van der Waals surface area contributed by atoms with Crippen molar-refractivity contribution in [1.29, 1.82) is 0 Å². The lowest BCUT2D eigenvalue weighted by Crippen LogP contribution is -2.45. The first-order valence-corrected chi connectivity index (χ1v) is 7.53. The summed E-state index contributed by atoms with van der Waals surface area (Å²) in [4.78, 5) is 23.6. The van der Waals surface area contributed by atoms with Crippen molar-refractivity contribution in [3.8, 4) is 0 Å². The fourth-order valence-electron chi connectivity index (χ4n) is 2.85. The molecule has 0 aromatic carbocycles. The van der Waals surface area contributed by atoms with E-state index in [0.717, 1.165) is 58.2 Å². The Morgan fingerprint density at radius 3 is 2.65 bits per heavy atom. The van der Waals surface area contributed by atoms with E-state index >= 15 is 0 Å². The molecular formula is C14H26ClN3O2. The van der Waals surface area contributed by atoms with Crippen LogP contribution in [0.15, 0.2) is 0 Å². The van der Waals surface area contributed by atoms with Crippen molar-refractivity contribution in [2.75, 3.05) is 19.6 Å². The first kappa shape index (κ1) is 17.2. The fourth-order valence-corrected chi connectivity index (χ4v) is 2.85. The molecule has 0 aromatic heterocycles. The zero-order valence-corrected chi connectivity index (χ0v) is 12.8. The van der Waals surface area contributed by atoms with Crippen molar-refractivity contribution in [3.05, 3.63) is 0 Å². The van der Waals surface area contributed by atoms with Gasteiger partial charge in [-0.25, -0.2) is 0 Å². The topological polar surface area (TPSA) is 70.2 Å². The Balaban J connectivity index is 0.00000200. The van der Waals surface area contributed by atoms with E-state index in [9.17, 15) is 9.59 Å². The van der Waals surface area contributed by atoms with Crippen molar-refractivity contribution < 1.29 is 9.59 Å². The van der Waals surface area contributed by atoms with E-state index in [2.05, 4.69) is 16.0 Å². The summed E-state index contributed by atoms with van der Waals surface area (Å²) in [6.45, 7) is 2.87. The summed E-state index contributed by atoms with van der Waals surface area (Å²) < 4.78 is 0. The van der Waals surface area contributed by atoms with Gasteiger partial charge in [0.25, 0.3) is 0 Å². The highest BCUT2D eigenvalue weighted by molar-refractivity contribution is 5.87. The van der Waals surface area contributed by atoms with Gasteiger partial charge >= 0.3 is 0 Å². The lowest BCUT2D eigenvalue weighted by molar-refractivity contribution is -0.129. The molecule has 2 rings (SSSR count). The number of piperidine rings is 1. The summed E-state index contributed by atoms with van der Waals surface area (Å²) >= 11 is 0. The number of hydrogen-bond acceptors (Lipinski definition) is 3. The van der Waals surface area contributed by atoms with Gasteiger partial charge in [0.2, 0.25) is 11.8 Å². The Morgan fingerprint density at radius 1 is 1.15 bits per heavy atom. The molecule has 2 aliphatic heterocycles. The van der Waals surface area contributed by atoms with Crippen molar-refractivity contribution >= 4 is 24.2 Å². The first-order valence-electron chi connectivity index (χ1n) is 7.53. The number of nitrogens with one attached hydrogen (secondary N) is 3. The van der Waals surface area contributed by atoms with E-state index in [-0.39, 0.29) is 30.3 Å². The number of rotatable bonds is 4. The third-order valence-electron chi connectivity index (χ3n) is 4.11. The van der Waals surface area contributed by atoms with Crippen molar-refractivity contribution in [2.24, 2.45) is 5.92 Å². The maximum Gasteiger partial charge on any atom is 0.242 e. The van der Waals surface area contributed by atoms with E-state index in [0.29, 0.717) is 12.3 Å². The molecular weight excluding hydrogens is 278 g/mol. The second kappa shape index (κ2) is 9.19. The van der Waals surface area contributed by atoms with Crippen LogP contribution in [0.3, 0.4) is 0 Å². The van der Waals surface area contributed by atoms with Crippen LogP contribution >= 0.6 is 12.4 Å². The maximum atomic E-state index is 11.9. The second-order valence-electron chi connectivity index (χ2n) is 5.64. The Labute approximate surface area is 127 Å². The molecule has 0 aromatic rings. The molecule has 3 N–H and O–H groups in total. The Bertz CT molecular complexity index is 320. The van der Waals surface area contributed by atoms with Crippen LogP contribution in [0.5, 0.6) is 0 Å². The van der Waals surface area contributed by atoms with E-state index in [1.165, 1.54) is 0 Å². The molecule has 6 heteroatoms. The summed E-state index contributed by atoms with van der Waals surface area (Å²) in [6, 6.07) is -0.317. The van der Waals surface area contributed by atoms with Gasteiger partial charge in [-0.1, -0.05) is 0 Å². The highest BCUT2D eigenvalue weighted by Gasteiger charge is 2.22. The Morgan fingerprint density at radius 2 is 1.90 bits per heavy atom. The van der Waals surface area contributed by atoms with Crippen LogP contribution in [0.2, 0.25) is 0 Å². The molecule has 0 radical (unpaired) electrons. The molecule has 0 spiro atoms. The summed E-state index contributed by atoms with van der Waals surface area (Å²) in [6.07, 6.45) is 6.60. The largest absolute Gasteiger partial charge is 0.354 e. The lowest BCUT2D eigenvalue weighted by Gasteiger charge is -2.22. The molecule has 0 saturated carbocycles. The SMILES string of the molecule is Cl.O=C(CCC1CCNCC1)NC1CCCCNC1=O. The van der Waals surface area contributed by atoms with E-state index in [4.69, 9.17) is 0 Å². The predicted octanol–water partition coefficient (Wildman–Crippen LogP) is 0.973. The van der Waals surface area contributed by atoms with Crippen molar-refractivity contribution in [2.45, 2.75) is 51.0 Å². The van der Waals surface area contributed by atoms with E-state index < -0.39 is 0 Å². The second-order valence-corrected chi connectivity index (χ2v) is 5.64. The van der Waals surface area contributed by atoms with Gasteiger partial charge in [0.05, 0.1) is 0 Å². The maximum absolute atomic E-state index is 11.9. The van der Waals surface area contributed by atoms with Crippen LogP contribution < -0.4 is 16.0 Å². The number of carbonyl (C=O) groups is 2. The molecule has 5 nitrogen and oxygen atoms in total. The number of amides is 2. The minimum atomic E-state index is -0.317. The van der Waals surface area contributed by atoms with Gasteiger partial charge < -0.3 is 16.0 Å². The molecule has 2 heterocycles. The summed E-state index contributed by atoms with van der Waals surface area (Å²) in [5, 5.41) is 9.05. The lowest BCUT2D eigenvalue weighted by atomic mass is 9.93. The van der Waals surface area contributed by atoms with Crippen LogP contribution in [-0.4, -0.2) is 37.5 Å². The predicted molar refractivity (Wildman–Crippen MR) is 80.9 cm³/mol. The van der Waals surface area contributed by atoms with Gasteiger partial charge in [0.15, 0.2) is 0 Å². The molecule has 0 bridgehead atoms. The van der Waals surface area contributed by atoms with Crippen LogP contribution in [0.4, 0.5) is 0 Å². The molecule has 2 amide bonds. The highest BCUT2D eigenvalue weighted by atomic mass is 35.5. The fraction of sp³-hybridized carbons (Fsp3) is 0.857. The molecule has 116 valence electrons. The number of halogens is 1. The van der Waals surface area contributed by atoms with Gasteiger partial charge in [-0.2, -0.15) is 0 Å². The zero-order chi connectivity index (χ0) is 13.5. The molecule has 2 fully saturated rings. The smallest absolute Gasteiger partial charge is 0.242 e. The van der Waals surface area contributed by atoms with Crippen LogP contribution in [-0.2, 0) is 9.59 Å².